The van der Waals surface area contributed by atoms with E-state index in [1.54, 1.807) is 20.8 Å². The third-order valence-electron chi connectivity index (χ3n) is 1.44. The number of hydrogen-bond donors (Lipinski definition) is 2. The van der Waals surface area contributed by atoms with Crippen LogP contribution in [0.1, 0.15) is 27.2 Å². The molecular weight excluding hydrogens is 170 g/mol. The summed E-state index contributed by atoms with van der Waals surface area (Å²) in [6.07, 6.45) is 1.77. The summed E-state index contributed by atoms with van der Waals surface area (Å²) in [6, 6.07) is -0.789. The van der Waals surface area contributed by atoms with E-state index in [1.165, 1.54) is 6.08 Å². The highest BCUT2D eigenvalue weighted by Crippen LogP contribution is 1.93. The molecule has 0 fully saturated rings. The van der Waals surface area contributed by atoms with Crippen LogP contribution >= 0.6 is 0 Å². The van der Waals surface area contributed by atoms with Gasteiger partial charge in [0.05, 0.1) is 0 Å². The van der Waals surface area contributed by atoms with E-state index in [0.29, 0.717) is 6.42 Å². The molecule has 0 aliphatic rings. The predicted molar refractivity (Wildman–Crippen MR) is 49.3 cm³/mol. The van der Waals surface area contributed by atoms with Crippen molar-refractivity contribution in [1.82, 2.24) is 5.32 Å². The first-order valence-electron chi connectivity index (χ1n) is 4.15. The lowest BCUT2D eigenvalue weighted by atomic mass is 10.2. The number of carboxylic acids is 1. The maximum atomic E-state index is 11.1. The Balaban J connectivity index is 4.18. The second-order valence-corrected chi connectivity index (χ2v) is 3.03. The first kappa shape index (κ1) is 11.7. The molecule has 0 saturated carbocycles. The molecule has 0 aliphatic heterocycles. The lowest BCUT2D eigenvalue weighted by Crippen LogP contribution is -2.39. The van der Waals surface area contributed by atoms with E-state index < -0.39 is 12.0 Å². The van der Waals surface area contributed by atoms with E-state index in [-0.39, 0.29) is 5.91 Å². The molecular formula is C9H15NO3. The third-order valence-corrected chi connectivity index (χ3v) is 1.44. The second-order valence-electron chi connectivity index (χ2n) is 3.03. The highest BCUT2D eigenvalue weighted by molar-refractivity contribution is 5.91. The molecule has 0 radical (unpaired) electrons. The fourth-order valence-electron chi connectivity index (χ4n) is 0.814. The SMILES string of the molecule is CCC(NC(=O)C=C(C)C)C(=O)O. The van der Waals surface area contributed by atoms with Gasteiger partial charge in [0.2, 0.25) is 5.91 Å². The summed E-state index contributed by atoms with van der Waals surface area (Å²) in [5.74, 6) is -1.35. The number of carbonyl (C=O) groups excluding carboxylic acids is 1. The van der Waals surface area contributed by atoms with Gasteiger partial charge in [0.25, 0.3) is 0 Å². The molecule has 0 rings (SSSR count). The normalized spacial score (nSPS) is 11.6. The Morgan fingerprint density at radius 2 is 2.00 bits per heavy atom. The van der Waals surface area contributed by atoms with Crippen LogP contribution in [0.5, 0.6) is 0 Å². The van der Waals surface area contributed by atoms with Crippen LogP contribution in [0.3, 0.4) is 0 Å². The van der Waals surface area contributed by atoms with Crippen LogP contribution in [-0.4, -0.2) is 23.0 Å². The van der Waals surface area contributed by atoms with Gasteiger partial charge in [0, 0.05) is 6.08 Å². The van der Waals surface area contributed by atoms with E-state index in [9.17, 15) is 9.59 Å². The Bertz CT molecular complexity index is 229. The molecule has 1 amide bonds. The Hall–Kier alpha value is -1.32. The Morgan fingerprint density at radius 1 is 1.46 bits per heavy atom. The van der Waals surface area contributed by atoms with Crippen molar-refractivity contribution < 1.29 is 14.7 Å². The highest BCUT2D eigenvalue weighted by atomic mass is 16.4. The summed E-state index contributed by atoms with van der Waals surface area (Å²) < 4.78 is 0. The van der Waals surface area contributed by atoms with Crippen LogP contribution in [0, 0.1) is 0 Å². The molecule has 0 saturated heterocycles. The number of allylic oxidation sites excluding steroid dienone is 1. The van der Waals surface area contributed by atoms with Gasteiger partial charge in [0.1, 0.15) is 6.04 Å². The monoisotopic (exact) mass is 185 g/mol. The standard InChI is InChI=1S/C9H15NO3/c1-4-7(9(12)13)10-8(11)5-6(2)3/h5,7H,4H2,1-3H3,(H,10,11)(H,12,13). The van der Waals surface area contributed by atoms with Crippen molar-refractivity contribution >= 4 is 11.9 Å². The Kier molecular flexibility index (Phi) is 4.80. The lowest BCUT2D eigenvalue weighted by Gasteiger charge is -2.09. The minimum atomic E-state index is -1.00. The van der Waals surface area contributed by atoms with Crippen molar-refractivity contribution in [3.8, 4) is 0 Å². The van der Waals surface area contributed by atoms with Crippen molar-refractivity contribution in [2.45, 2.75) is 33.2 Å². The van der Waals surface area contributed by atoms with Gasteiger partial charge < -0.3 is 10.4 Å². The summed E-state index contributed by atoms with van der Waals surface area (Å²) in [5, 5.41) is 11.0. The lowest BCUT2D eigenvalue weighted by molar-refractivity contribution is -0.141. The number of nitrogens with one attached hydrogen (secondary N) is 1. The van der Waals surface area contributed by atoms with Crippen LogP contribution in [-0.2, 0) is 9.59 Å². The van der Waals surface area contributed by atoms with E-state index in [0.717, 1.165) is 5.57 Å². The van der Waals surface area contributed by atoms with Gasteiger partial charge in [-0.25, -0.2) is 4.79 Å². The van der Waals surface area contributed by atoms with Gasteiger partial charge in [-0.1, -0.05) is 12.5 Å². The van der Waals surface area contributed by atoms with E-state index in [1.807, 2.05) is 0 Å². The van der Waals surface area contributed by atoms with Crippen molar-refractivity contribution in [2.24, 2.45) is 0 Å². The molecule has 0 aliphatic carbocycles. The molecule has 2 N–H and O–H groups in total. The van der Waals surface area contributed by atoms with Gasteiger partial charge in [-0.15, -0.1) is 0 Å². The molecule has 0 aromatic carbocycles. The number of hydrogen-bond acceptors (Lipinski definition) is 2. The van der Waals surface area contributed by atoms with Gasteiger partial charge in [-0.3, -0.25) is 4.79 Å². The summed E-state index contributed by atoms with van der Waals surface area (Å²) >= 11 is 0. The smallest absolute Gasteiger partial charge is 0.326 e. The van der Waals surface area contributed by atoms with E-state index in [2.05, 4.69) is 5.32 Å². The van der Waals surface area contributed by atoms with Gasteiger partial charge in [0.15, 0.2) is 0 Å². The molecule has 1 atom stereocenters. The summed E-state index contributed by atoms with van der Waals surface area (Å²) in [5.41, 5.74) is 0.845. The number of aliphatic carboxylic acids is 1. The first-order chi connectivity index (χ1) is 5.97. The molecule has 0 aromatic rings. The second kappa shape index (κ2) is 5.35. The van der Waals surface area contributed by atoms with Gasteiger partial charge >= 0.3 is 5.97 Å². The van der Waals surface area contributed by atoms with E-state index in [4.69, 9.17) is 5.11 Å². The zero-order chi connectivity index (χ0) is 10.4. The number of carboxylic acid groups (broad SMARTS) is 1. The molecule has 4 heteroatoms. The first-order valence-corrected chi connectivity index (χ1v) is 4.15. The highest BCUT2D eigenvalue weighted by Gasteiger charge is 2.15. The van der Waals surface area contributed by atoms with Gasteiger partial charge in [-0.05, 0) is 20.3 Å². The van der Waals surface area contributed by atoms with Gasteiger partial charge in [-0.2, -0.15) is 0 Å². The average Bonchev–Trinajstić information content (AvgIpc) is 1.98. The van der Waals surface area contributed by atoms with Crippen LogP contribution in [0.25, 0.3) is 0 Å². The summed E-state index contributed by atoms with van der Waals surface area (Å²) in [4.78, 5) is 21.6. The maximum absolute atomic E-state index is 11.1. The molecule has 0 bridgehead atoms. The Morgan fingerprint density at radius 3 is 2.31 bits per heavy atom. The molecule has 4 nitrogen and oxygen atoms in total. The number of rotatable bonds is 4. The Labute approximate surface area is 77.6 Å². The quantitative estimate of drug-likeness (QED) is 0.640. The minimum absolute atomic E-state index is 0.353. The molecule has 74 valence electrons. The zero-order valence-electron chi connectivity index (χ0n) is 8.13. The van der Waals surface area contributed by atoms with Crippen LogP contribution < -0.4 is 5.32 Å². The molecule has 0 aromatic heterocycles. The molecule has 13 heavy (non-hydrogen) atoms. The van der Waals surface area contributed by atoms with Crippen LogP contribution in [0.2, 0.25) is 0 Å². The molecule has 1 unspecified atom stereocenters. The van der Waals surface area contributed by atoms with Crippen LogP contribution in [0.15, 0.2) is 11.6 Å². The summed E-state index contributed by atoms with van der Waals surface area (Å²) in [6.45, 7) is 5.27. The topological polar surface area (TPSA) is 66.4 Å². The van der Waals surface area contributed by atoms with Crippen molar-refractivity contribution in [3.05, 3.63) is 11.6 Å². The maximum Gasteiger partial charge on any atom is 0.326 e. The fourth-order valence-corrected chi connectivity index (χ4v) is 0.814. The fraction of sp³-hybridized carbons (Fsp3) is 0.556. The average molecular weight is 185 g/mol. The van der Waals surface area contributed by atoms with Crippen LogP contribution in [0.4, 0.5) is 0 Å². The molecule has 0 heterocycles. The largest absolute Gasteiger partial charge is 0.480 e. The number of carbonyl (C=O) groups is 2. The minimum Gasteiger partial charge on any atom is -0.480 e. The predicted octanol–water partition coefficient (Wildman–Crippen LogP) is 0.932. The zero-order valence-corrected chi connectivity index (χ0v) is 8.13. The number of amides is 1. The summed E-state index contributed by atoms with van der Waals surface area (Å²) in [7, 11) is 0. The van der Waals surface area contributed by atoms with Crippen molar-refractivity contribution in [2.75, 3.05) is 0 Å². The van der Waals surface area contributed by atoms with Crippen molar-refractivity contribution in [3.63, 3.8) is 0 Å². The van der Waals surface area contributed by atoms with Crippen molar-refractivity contribution in [1.29, 1.82) is 0 Å². The van der Waals surface area contributed by atoms with E-state index >= 15 is 0 Å². The third kappa shape index (κ3) is 5.00. The molecule has 0 spiro atoms.